The third-order valence-corrected chi connectivity index (χ3v) is 3.61. The van der Waals surface area contributed by atoms with Crippen molar-refractivity contribution in [2.24, 2.45) is 0 Å². The van der Waals surface area contributed by atoms with E-state index in [0.29, 0.717) is 0 Å². The van der Waals surface area contributed by atoms with E-state index in [1.165, 1.54) is 0 Å². The maximum Gasteiger partial charge on any atom is 0.137 e. The maximum atomic E-state index is 4.72. The number of aromatic nitrogens is 4. The lowest BCUT2D eigenvalue weighted by Crippen LogP contribution is -1.95. The number of hydrogen-bond acceptors (Lipinski definition) is 3. The first-order valence-electron chi connectivity index (χ1n) is 7.37. The topological polar surface area (TPSA) is 43.6 Å². The van der Waals surface area contributed by atoms with Gasteiger partial charge in [-0.25, -0.2) is 4.98 Å². The van der Waals surface area contributed by atoms with Gasteiger partial charge in [0.1, 0.15) is 5.82 Å². The molecule has 0 saturated heterocycles. The zero-order valence-electron chi connectivity index (χ0n) is 12.4. The van der Waals surface area contributed by atoms with Crippen LogP contribution in [0.5, 0.6) is 0 Å². The van der Waals surface area contributed by atoms with Crippen molar-refractivity contribution in [3.8, 4) is 28.3 Å². The Hall–Kier alpha value is -3.27. The average molecular weight is 298 g/mol. The molecule has 4 heterocycles. The van der Waals surface area contributed by atoms with E-state index in [1.807, 2.05) is 77.8 Å². The first-order valence-corrected chi connectivity index (χ1v) is 7.37. The van der Waals surface area contributed by atoms with Gasteiger partial charge in [-0.15, -0.1) is 0 Å². The monoisotopic (exact) mass is 298 g/mol. The van der Waals surface area contributed by atoms with Gasteiger partial charge in [0.05, 0.1) is 11.4 Å². The largest absolute Gasteiger partial charge is 0.308 e. The zero-order valence-corrected chi connectivity index (χ0v) is 12.4. The number of rotatable bonds is 3. The molecule has 0 N–H and O–H groups in total. The molecule has 0 amide bonds. The predicted octanol–water partition coefficient (Wildman–Crippen LogP) is 4.00. The highest BCUT2D eigenvalue weighted by atomic mass is 15.0. The van der Waals surface area contributed by atoms with Crippen molar-refractivity contribution in [3.63, 3.8) is 0 Å². The van der Waals surface area contributed by atoms with Crippen molar-refractivity contribution in [3.05, 3.63) is 85.6 Å². The van der Waals surface area contributed by atoms with Crippen molar-refractivity contribution < 1.29 is 0 Å². The summed E-state index contributed by atoms with van der Waals surface area (Å²) in [6, 6.07) is 17.9. The Labute approximate surface area is 134 Å². The van der Waals surface area contributed by atoms with Crippen molar-refractivity contribution in [1.29, 1.82) is 0 Å². The molecule has 4 heteroatoms. The molecular weight excluding hydrogens is 284 g/mol. The summed E-state index contributed by atoms with van der Waals surface area (Å²) in [6.45, 7) is 0. The van der Waals surface area contributed by atoms with E-state index in [4.69, 9.17) is 4.98 Å². The van der Waals surface area contributed by atoms with Crippen molar-refractivity contribution in [2.75, 3.05) is 0 Å². The van der Waals surface area contributed by atoms with E-state index in [-0.39, 0.29) is 0 Å². The molecule has 0 aliphatic rings. The van der Waals surface area contributed by atoms with Gasteiger partial charge in [0.2, 0.25) is 0 Å². The van der Waals surface area contributed by atoms with Gasteiger partial charge < -0.3 is 4.57 Å². The molecule has 4 aromatic rings. The minimum atomic E-state index is 0.869. The summed E-state index contributed by atoms with van der Waals surface area (Å²) >= 11 is 0. The molecule has 4 aromatic heterocycles. The SMILES string of the molecule is c1ccc(-c2ccn(-c3cccc(-c4cccnc4)n3)c2)nc1. The smallest absolute Gasteiger partial charge is 0.137 e. The second-order valence-electron chi connectivity index (χ2n) is 5.15. The summed E-state index contributed by atoms with van der Waals surface area (Å²) in [5.41, 5.74) is 3.93. The lowest BCUT2D eigenvalue weighted by atomic mass is 10.2. The Morgan fingerprint density at radius 2 is 1.70 bits per heavy atom. The van der Waals surface area contributed by atoms with E-state index in [9.17, 15) is 0 Å². The molecule has 0 fully saturated rings. The van der Waals surface area contributed by atoms with E-state index in [2.05, 4.69) is 9.97 Å². The Bertz CT molecular complexity index is 914. The molecule has 0 unspecified atom stereocenters. The molecule has 0 spiro atoms. The molecule has 23 heavy (non-hydrogen) atoms. The first kappa shape index (κ1) is 13.4. The number of nitrogens with zero attached hydrogens (tertiary/aromatic N) is 4. The third-order valence-electron chi connectivity index (χ3n) is 3.61. The van der Waals surface area contributed by atoms with Gasteiger partial charge in [0, 0.05) is 42.1 Å². The molecule has 0 bridgehead atoms. The number of hydrogen-bond donors (Lipinski definition) is 0. The van der Waals surface area contributed by atoms with Gasteiger partial charge in [0.15, 0.2) is 0 Å². The lowest BCUT2D eigenvalue weighted by Gasteiger charge is -2.05. The van der Waals surface area contributed by atoms with Crippen LogP contribution in [0.15, 0.2) is 85.6 Å². The van der Waals surface area contributed by atoms with Crippen molar-refractivity contribution in [1.82, 2.24) is 19.5 Å². The fraction of sp³-hybridized carbons (Fsp3) is 0. The van der Waals surface area contributed by atoms with Gasteiger partial charge in [-0.3, -0.25) is 9.97 Å². The van der Waals surface area contributed by atoms with Crippen LogP contribution in [0.3, 0.4) is 0 Å². The molecule has 4 nitrogen and oxygen atoms in total. The fourth-order valence-corrected chi connectivity index (χ4v) is 2.47. The molecule has 4 rings (SSSR count). The Kier molecular flexibility index (Phi) is 3.41. The number of pyridine rings is 3. The standard InChI is InChI=1S/C19H14N4/c1-2-11-21-17(6-1)16-9-12-23(14-16)19-8-3-7-18(22-19)15-5-4-10-20-13-15/h1-14H. The van der Waals surface area contributed by atoms with E-state index in [1.54, 1.807) is 12.4 Å². The van der Waals surface area contributed by atoms with Crippen LogP contribution in [-0.4, -0.2) is 19.5 Å². The Morgan fingerprint density at radius 3 is 2.52 bits per heavy atom. The molecule has 0 aromatic carbocycles. The van der Waals surface area contributed by atoms with Crippen LogP contribution in [0.1, 0.15) is 0 Å². The normalized spacial score (nSPS) is 10.6. The molecule has 0 radical (unpaired) electrons. The summed E-state index contributed by atoms with van der Waals surface area (Å²) < 4.78 is 2.00. The second kappa shape index (κ2) is 5.85. The van der Waals surface area contributed by atoms with Gasteiger partial charge in [-0.1, -0.05) is 12.1 Å². The highest BCUT2D eigenvalue weighted by molar-refractivity contribution is 5.60. The molecule has 0 saturated carbocycles. The van der Waals surface area contributed by atoms with Gasteiger partial charge in [-0.05, 0) is 42.5 Å². The van der Waals surface area contributed by atoms with E-state index < -0.39 is 0 Å². The third kappa shape index (κ3) is 2.74. The summed E-state index contributed by atoms with van der Waals surface area (Å²) in [5, 5.41) is 0. The van der Waals surface area contributed by atoms with Gasteiger partial charge in [-0.2, -0.15) is 0 Å². The predicted molar refractivity (Wildman–Crippen MR) is 90.0 cm³/mol. The van der Waals surface area contributed by atoms with E-state index >= 15 is 0 Å². The van der Waals surface area contributed by atoms with Crippen LogP contribution in [0.4, 0.5) is 0 Å². The van der Waals surface area contributed by atoms with Crippen LogP contribution >= 0.6 is 0 Å². The average Bonchev–Trinajstić information content (AvgIpc) is 3.14. The van der Waals surface area contributed by atoms with Crippen LogP contribution in [0.25, 0.3) is 28.3 Å². The van der Waals surface area contributed by atoms with Crippen LogP contribution in [0.2, 0.25) is 0 Å². The van der Waals surface area contributed by atoms with Gasteiger partial charge >= 0.3 is 0 Å². The van der Waals surface area contributed by atoms with Crippen LogP contribution in [-0.2, 0) is 0 Å². The first-order chi connectivity index (χ1) is 11.4. The summed E-state index contributed by atoms with van der Waals surface area (Å²) in [6.07, 6.45) is 9.42. The van der Waals surface area contributed by atoms with Crippen molar-refractivity contribution in [2.45, 2.75) is 0 Å². The minimum absolute atomic E-state index is 0.869. The molecule has 0 aliphatic carbocycles. The van der Waals surface area contributed by atoms with Crippen molar-refractivity contribution >= 4 is 0 Å². The van der Waals surface area contributed by atoms with Crippen LogP contribution < -0.4 is 0 Å². The molecule has 0 aliphatic heterocycles. The van der Waals surface area contributed by atoms with E-state index in [0.717, 1.165) is 28.3 Å². The Balaban J connectivity index is 1.71. The molecule has 110 valence electrons. The highest BCUT2D eigenvalue weighted by Gasteiger charge is 2.05. The van der Waals surface area contributed by atoms with Gasteiger partial charge in [0.25, 0.3) is 0 Å². The second-order valence-corrected chi connectivity index (χ2v) is 5.15. The summed E-state index contributed by atoms with van der Waals surface area (Å²) in [4.78, 5) is 13.3. The Morgan fingerprint density at radius 1 is 0.739 bits per heavy atom. The zero-order chi connectivity index (χ0) is 15.5. The minimum Gasteiger partial charge on any atom is -0.308 e. The maximum absolute atomic E-state index is 4.72. The summed E-state index contributed by atoms with van der Waals surface area (Å²) in [7, 11) is 0. The molecular formula is C19H14N4. The summed E-state index contributed by atoms with van der Waals surface area (Å²) in [5.74, 6) is 0.869. The van der Waals surface area contributed by atoms with Crippen LogP contribution in [0, 0.1) is 0 Å². The molecule has 0 atom stereocenters. The highest BCUT2D eigenvalue weighted by Crippen LogP contribution is 2.21. The quantitative estimate of drug-likeness (QED) is 0.574. The lowest BCUT2D eigenvalue weighted by molar-refractivity contribution is 1.01. The fourth-order valence-electron chi connectivity index (χ4n) is 2.47.